The van der Waals surface area contributed by atoms with E-state index >= 15 is 0 Å². The molecule has 0 aliphatic carbocycles. The molecule has 182 valence electrons. The molecule has 4 nitrogen and oxygen atoms in total. The Bertz CT molecular complexity index is 1350. The van der Waals surface area contributed by atoms with Gasteiger partial charge in [0.05, 0.1) is 28.5 Å². The first-order valence-corrected chi connectivity index (χ1v) is 19.3. The van der Waals surface area contributed by atoms with Crippen LogP contribution in [0.1, 0.15) is 0 Å². The van der Waals surface area contributed by atoms with E-state index in [4.69, 9.17) is 8.83 Å². The fourth-order valence-electron chi connectivity index (χ4n) is 4.11. The van der Waals surface area contributed by atoms with Crippen LogP contribution in [0.3, 0.4) is 0 Å². The van der Waals surface area contributed by atoms with E-state index in [0.29, 0.717) is 11.8 Å². The van der Waals surface area contributed by atoms with E-state index in [-0.39, 0.29) is 0 Å². The van der Waals surface area contributed by atoms with Crippen molar-refractivity contribution in [3.05, 3.63) is 85.2 Å². The number of benzene rings is 3. The van der Waals surface area contributed by atoms with Gasteiger partial charge in [0.25, 0.3) is 0 Å². The zero-order valence-electron chi connectivity index (χ0n) is 21.8. The number of aromatic nitrogens is 2. The highest BCUT2D eigenvalue weighted by molar-refractivity contribution is 6.89. The minimum absolute atomic E-state index is 0.599. The van der Waals surface area contributed by atoms with E-state index in [9.17, 15) is 0 Å². The van der Waals surface area contributed by atoms with Gasteiger partial charge in [-0.05, 0) is 24.3 Å². The molecular weight excluding hydrogens is 477 g/mol. The minimum atomic E-state index is -1.32. The third-order valence-electron chi connectivity index (χ3n) is 6.46. The van der Waals surface area contributed by atoms with Gasteiger partial charge in [-0.15, -0.1) is 0 Å². The Morgan fingerprint density at radius 2 is 0.750 bits per heavy atom. The summed E-state index contributed by atoms with van der Waals surface area (Å²) in [6.45, 7) is 14.1. The van der Waals surface area contributed by atoms with Crippen molar-refractivity contribution in [2.45, 2.75) is 39.3 Å². The van der Waals surface area contributed by atoms with Crippen LogP contribution in [0.25, 0.3) is 45.6 Å². The molecule has 0 aliphatic rings. The van der Waals surface area contributed by atoms with E-state index in [2.05, 4.69) is 97.8 Å². The lowest BCUT2D eigenvalue weighted by Crippen LogP contribution is -2.37. The van der Waals surface area contributed by atoms with Crippen LogP contribution in [0.5, 0.6) is 0 Å². The predicted molar refractivity (Wildman–Crippen MR) is 154 cm³/mol. The lowest BCUT2D eigenvalue weighted by Gasteiger charge is -2.16. The van der Waals surface area contributed by atoms with Gasteiger partial charge in [-0.25, -0.2) is 9.97 Å². The van der Waals surface area contributed by atoms with Crippen LogP contribution in [0, 0.1) is 0 Å². The second-order valence-electron chi connectivity index (χ2n) is 11.3. The Kier molecular flexibility index (Phi) is 6.18. The van der Waals surface area contributed by atoms with Gasteiger partial charge < -0.3 is 8.83 Å². The number of hydrogen-bond donors (Lipinski definition) is 0. The number of hydrogen-bond acceptors (Lipinski definition) is 4. The molecule has 36 heavy (non-hydrogen) atoms. The van der Waals surface area contributed by atoms with E-state index in [1.165, 1.54) is 10.4 Å². The SMILES string of the molecule is C[Si](C)(C)c1ccc(-c2cnc(-c3ccc(-c4ncc(-c5ccc([Si](C)(C)C)cc5)o4)cc3)o2)cc1. The van der Waals surface area contributed by atoms with Gasteiger partial charge in [0.1, 0.15) is 0 Å². The molecule has 0 saturated carbocycles. The van der Waals surface area contributed by atoms with Gasteiger partial charge >= 0.3 is 0 Å². The van der Waals surface area contributed by atoms with Gasteiger partial charge in [0.15, 0.2) is 11.5 Å². The summed E-state index contributed by atoms with van der Waals surface area (Å²) >= 11 is 0. The summed E-state index contributed by atoms with van der Waals surface area (Å²) in [6.07, 6.45) is 3.58. The Balaban J connectivity index is 1.32. The zero-order chi connectivity index (χ0) is 25.5. The lowest BCUT2D eigenvalue weighted by molar-refractivity contribution is 0.587. The van der Waals surface area contributed by atoms with Crippen LogP contribution in [0.4, 0.5) is 0 Å². The van der Waals surface area contributed by atoms with Crippen LogP contribution in [0.15, 0.2) is 94.0 Å². The average molecular weight is 509 g/mol. The van der Waals surface area contributed by atoms with Crippen LogP contribution >= 0.6 is 0 Å². The molecule has 0 saturated heterocycles. The highest BCUT2D eigenvalue weighted by atomic mass is 28.3. The smallest absolute Gasteiger partial charge is 0.226 e. The molecule has 0 atom stereocenters. The Labute approximate surface area is 215 Å². The molecule has 0 amide bonds. The molecule has 0 unspecified atom stereocenters. The van der Waals surface area contributed by atoms with Gasteiger partial charge in [-0.2, -0.15) is 0 Å². The fraction of sp³-hybridized carbons (Fsp3) is 0.200. The van der Waals surface area contributed by atoms with E-state index in [1.54, 1.807) is 12.4 Å². The highest BCUT2D eigenvalue weighted by Crippen LogP contribution is 2.30. The first kappa shape index (κ1) is 24.2. The number of nitrogens with zero attached hydrogens (tertiary/aromatic N) is 2. The summed E-state index contributed by atoms with van der Waals surface area (Å²) in [4.78, 5) is 9.02. The maximum absolute atomic E-state index is 6.09. The monoisotopic (exact) mass is 508 g/mol. The average Bonchev–Trinajstić information content (AvgIpc) is 3.54. The van der Waals surface area contributed by atoms with Crippen molar-refractivity contribution >= 4 is 26.5 Å². The summed E-state index contributed by atoms with van der Waals surface area (Å²) < 4.78 is 12.2. The Hall–Kier alpha value is -3.49. The maximum atomic E-state index is 6.09. The molecular formula is C30H32N2O2Si2. The molecule has 3 aromatic carbocycles. The topological polar surface area (TPSA) is 52.1 Å². The third kappa shape index (κ3) is 5.05. The molecule has 0 bridgehead atoms. The Morgan fingerprint density at radius 1 is 0.444 bits per heavy atom. The van der Waals surface area contributed by atoms with Crippen molar-refractivity contribution in [1.29, 1.82) is 0 Å². The maximum Gasteiger partial charge on any atom is 0.226 e. The van der Waals surface area contributed by atoms with Crippen molar-refractivity contribution in [1.82, 2.24) is 9.97 Å². The van der Waals surface area contributed by atoms with Crippen LogP contribution in [0.2, 0.25) is 39.3 Å². The molecule has 0 fully saturated rings. The highest BCUT2D eigenvalue weighted by Gasteiger charge is 2.18. The standard InChI is InChI=1S/C30H32N2O2Si2/c1-35(2,3)25-15-11-21(12-16-25)27-19-31-29(33-27)23-7-9-24(10-8-23)30-32-20-28(34-30)22-13-17-26(18-14-22)36(4,5)6/h7-20H,1-6H3. The molecule has 2 heterocycles. The summed E-state index contributed by atoms with van der Waals surface area (Å²) in [7, 11) is -2.65. The van der Waals surface area contributed by atoms with Gasteiger partial charge in [-0.1, -0.05) is 98.2 Å². The number of oxazole rings is 2. The quantitative estimate of drug-likeness (QED) is 0.224. The molecule has 0 spiro atoms. The largest absolute Gasteiger partial charge is 0.436 e. The normalized spacial score (nSPS) is 12.2. The summed E-state index contributed by atoms with van der Waals surface area (Å²) in [5, 5.41) is 2.86. The minimum Gasteiger partial charge on any atom is -0.436 e. The van der Waals surface area contributed by atoms with Gasteiger partial charge in [0, 0.05) is 22.3 Å². The lowest BCUT2D eigenvalue weighted by atomic mass is 10.1. The van der Waals surface area contributed by atoms with Crippen molar-refractivity contribution in [2.24, 2.45) is 0 Å². The van der Waals surface area contributed by atoms with Crippen molar-refractivity contribution in [3.63, 3.8) is 0 Å². The van der Waals surface area contributed by atoms with Gasteiger partial charge in [-0.3, -0.25) is 0 Å². The second kappa shape index (κ2) is 9.19. The van der Waals surface area contributed by atoms with E-state index < -0.39 is 16.1 Å². The molecule has 2 aromatic heterocycles. The van der Waals surface area contributed by atoms with Crippen LogP contribution in [-0.2, 0) is 0 Å². The zero-order valence-corrected chi connectivity index (χ0v) is 23.8. The summed E-state index contributed by atoms with van der Waals surface area (Å²) in [5.41, 5.74) is 3.91. The molecule has 5 aromatic rings. The van der Waals surface area contributed by atoms with Crippen LogP contribution in [-0.4, -0.2) is 26.1 Å². The first-order chi connectivity index (χ1) is 17.1. The third-order valence-corrected chi connectivity index (χ3v) is 10.6. The number of rotatable bonds is 6. The first-order valence-electron chi connectivity index (χ1n) is 12.3. The van der Waals surface area contributed by atoms with Crippen LogP contribution < -0.4 is 10.4 Å². The van der Waals surface area contributed by atoms with Crippen molar-refractivity contribution < 1.29 is 8.83 Å². The summed E-state index contributed by atoms with van der Waals surface area (Å²) in [6, 6.07) is 25.3. The molecule has 0 radical (unpaired) electrons. The fourth-order valence-corrected chi connectivity index (χ4v) is 6.44. The molecule has 0 N–H and O–H groups in total. The molecule has 0 aliphatic heterocycles. The van der Waals surface area contributed by atoms with Crippen molar-refractivity contribution in [3.8, 4) is 45.6 Å². The summed E-state index contributed by atoms with van der Waals surface area (Å²) in [5.74, 6) is 2.74. The van der Waals surface area contributed by atoms with E-state index in [0.717, 1.165) is 33.8 Å². The van der Waals surface area contributed by atoms with Crippen molar-refractivity contribution in [2.75, 3.05) is 0 Å². The molecule has 5 rings (SSSR count). The predicted octanol–water partition coefficient (Wildman–Crippen LogP) is 7.42. The second-order valence-corrected chi connectivity index (χ2v) is 21.4. The Morgan fingerprint density at radius 3 is 1.06 bits per heavy atom. The van der Waals surface area contributed by atoms with E-state index in [1.807, 2.05) is 24.3 Å². The van der Waals surface area contributed by atoms with Gasteiger partial charge in [0.2, 0.25) is 11.8 Å². The molecule has 6 heteroatoms.